The van der Waals surface area contributed by atoms with Crippen LogP contribution < -0.4 is 20.1 Å². The Morgan fingerprint density at radius 1 is 1.04 bits per heavy atom. The Hall–Kier alpha value is -2.73. The third-order valence-corrected chi connectivity index (χ3v) is 4.42. The molecule has 0 aliphatic rings. The molecular weight excluding hydrogens is 340 g/mol. The van der Waals surface area contributed by atoms with Gasteiger partial charge < -0.3 is 25.0 Å². The number of nitrogens with zero attached hydrogens (tertiary/aromatic N) is 2. The van der Waals surface area contributed by atoms with Crippen molar-refractivity contribution in [3.05, 3.63) is 53.6 Å². The fraction of sp³-hybridized carbons (Fsp3) is 0.381. The first kappa shape index (κ1) is 20.6. The Labute approximate surface area is 162 Å². The van der Waals surface area contributed by atoms with Crippen LogP contribution >= 0.6 is 0 Å². The van der Waals surface area contributed by atoms with E-state index in [0.717, 1.165) is 12.2 Å². The summed E-state index contributed by atoms with van der Waals surface area (Å²) in [6.45, 7) is 2.82. The maximum absolute atomic E-state index is 5.36. The number of methoxy groups -OCH3 is 2. The lowest BCUT2D eigenvalue weighted by atomic mass is 10.0. The SMILES string of the molecule is CN=C(NCC(c1ccc(C)cc1)N(C)C)Nc1ccc(OC)c(OC)c1. The van der Waals surface area contributed by atoms with Gasteiger partial charge in [-0.2, -0.15) is 0 Å². The molecule has 2 rings (SSSR count). The zero-order valence-corrected chi connectivity index (χ0v) is 17.0. The molecule has 2 N–H and O–H groups in total. The quantitative estimate of drug-likeness (QED) is 0.578. The summed E-state index contributed by atoms with van der Waals surface area (Å²) in [6, 6.07) is 14.5. The fourth-order valence-corrected chi connectivity index (χ4v) is 2.81. The smallest absolute Gasteiger partial charge is 0.195 e. The number of benzene rings is 2. The van der Waals surface area contributed by atoms with Gasteiger partial charge in [-0.15, -0.1) is 0 Å². The lowest BCUT2D eigenvalue weighted by Crippen LogP contribution is -2.38. The highest BCUT2D eigenvalue weighted by molar-refractivity contribution is 5.93. The van der Waals surface area contributed by atoms with Gasteiger partial charge in [0.25, 0.3) is 0 Å². The molecule has 0 radical (unpaired) electrons. The summed E-state index contributed by atoms with van der Waals surface area (Å²) in [5.74, 6) is 2.06. The average molecular weight is 370 g/mol. The van der Waals surface area contributed by atoms with Crippen LogP contribution in [0.1, 0.15) is 17.2 Å². The molecule has 6 nitrogen and oxygen atoms in total. The number of aliphatic imine (C=N–C) groups is 1. The molecule has 2 aromatic carbocycles. The normalized spacial score (nSPS) is 12.6. The zero-order chi connectivity index (χ0) is 19.8. The molecule has 0 heterocycles. The molecule has 1 unspecified atom stereocenters. The summed E-state index contributed by atoms with van der Waals surface area (Å²) < 4.78 is 10.6. The minimum Gasteiger partial charge on any atom is -0.493 e. The first-order chi connectivity index (χ1) is 13.0. The Bertz CT molecular complexity index is 757. The molecular formula is C21H30N4O2. The second-order valence-electron chi connectivity index (χ2n) is 6.54. The molecule has 0 saturated heterocycles. The predicted molar refractivity (Wildman–Crippen MR) is 112 cm³/mol. The van der Waals surface area contributed by atoms with Crippen LogP contribution in [0.3, 0.4) is 0 Å². The predicted octanol–water partition coefficient (Wildman–Crippen LogP) is 3.30. The number of guanidine groups is 1. The van der Waals surface area contributed by atoms with Gasteiger partial charge in [0, 0.05) is 25.3 Å². The molecule has 0 bridgehead atoms. The van der Waals surface area contributed by atoms with Crippen molar-refractivity contribution in [3.8, 4) is 11.5 Å². The van der Waals surface area contributed by atoms with Gasteiger partial charge in [0.2, 0.25) is 0 Å². The van der Waals surface area contributed by atoms with E-state index in [0.29, 0.717) is 17.5 Å². The van der Waals surface area contributed by atoms with E-state index in [1.165, 1.54) is 11.1 Å². The highest BCUT2D eigenvalue weighted by Crippen LogP contribution is 2.29. The lowest BCUT2D eigenvalue weighted by molar-refractivity contribution is 0.299. The molecule has 0 saturated carbocycles. The van der Waals surface area contributed by atoms with Crippen molar-refractivity contribution in [2.75, 3.05) is 47.2 Å². The van der Waals surface area contributed by atoms with Crippen molar-refractivity contribution in [2.24, 2.45) is 4.99 Å². The molecule has 1 atom stereocenters. The number of rotatable bonds is 7. The van der Waals surface area contributed by atoms with Crippen LogP contribution in [-0.4, -0.2) is 52.8 Å². The largest absolute Gasteiger partial charge is 0.493 e. The van der Waals surface area contributed by atoms with E-state index in [1.807, 2.05) is 18.2 Å². The number of hydrogen-bond acceptors (Lipinski definition) is 4. The first-order valence-electron chi connectivity index (χ1n) is 8.91. The zero-order valence-electron chi connectivity index (χ0n) is 17.0. The van der Waals surface area contributed by atoms with Crippen LogP contribution in [0.15, 0.2) is 47.5 Å². The maximum atomic E-state index is 5.36. The van der Waals surface area contributed by atoms with Crippen LogP contribution in [0.5, 0.6) is 11.5 Å². The minimum atomic E-state index is 0.231. The van der Waals surface area contributed by atoms with Gasteiger partial charge in [-0.3, -0.25) is 4.99 Å². The Morgan fingerprint density at radius 3 is 2.26 bits per heavy atom. The van der Waals surface area contributed by atoms with E-state index in [-0.39, 0.29) is 6.04 Å². The molecule has 27 heavy (non-hydrogen) atoms. The summed E-state index contributed by atoms with van der Waals surface area (Å²) in [4.78, 5) is 6.52. The molecule has 0 aromatic heterocycles. The van der Waals surface area contributed by atoms with Gasteiger partial charge in [0.05, 0.1) is 20.3 Å². The summed E-state index contributed by atoms with van der Waals surface area (Å²) in [5.41, 5.74) is 3.40. The van der Waals surface area contributed by atoms with Gasteiger partial charge >= 0.3 is 0 Å². The number of ether oxygens (including phenoxy) is 2. The van der Waals surface area contributed by atoms with Crippen molar-refractivity contribution in [1.82, 2.24) is 10.2 Å². The van der Waals surface area contributed by atoms with Crippen LogP contribution in [0.25, 0.3) is 0 Å². The number of hydrogen-bond donors (Lipinski definition) is 2. The fourth-order valence-electron chi connectivity index (χ4n) is 2.81. The van der Waals surface area contributed by atoms with Gasteiger partial charge in [-0.05, 0) is 38.7 Å². The Kier molecular flexibility index (Phi) is 7.49. The van der Waals surface area contributed by atoms with Crippen LogP contribution in [0.4, 0.5) is 5.69 Å². The van der Waals surface area contributed by atoms with Crippen molar-refractivity contribution in [1.29, 1.82) is 0 Å². The third-order valence-electron chi connectivity index (χ3n) is 4.42. The maximum Gasteiger partial charge on any atom is 0.195 e. The molecule has 0 amide bonds. The summed E-state index contributed by atoms with van der Waals surface area (Å²) in [7, 11) is 9.16. The summed E-state index contributed by atoms with van der Waals surface area (Å²) >= 11 is 0. The van der Waals surface area contributed by atoms with Crippen LogP contribution in [0.2, 0.25) is 0 Å². The van der Waals surface area contributed by atoms with E-state index in [9.17, 15) is 0 Å². The van der Waals surface area contributed by atoms with Gasteiger partial charge in [0.15, 0.2) is 17.5 Å². The Morgan fingerprint density at radius 2 is 1.70 bits per heavy atom. The molecule has 2 aromatic rings. The van der Waals surface area contributed by atoms with E-state index >= 15 is 0 Å². The van der Waals surface area contributed by atoms with E-state index in [4.69, 9.17) is 9.47 Å². The van der Waals surface area contributed by atoms with Crippen molar-refractivity contribution in [2.45, 2.75) is 13.0 Å². The molecule has 6 heteroatoms. The van der Waals surface area contributed by atoms with Gasteiger partial charge in [0.1, 0.15) is 0 Å². The summed E-state index contributed by atoms with van der Waals surface area (Å²) in [6.07, 6.45) is 0. The van der Waals surface area contributed by atoms with E-state index in [1.54, 1.807) is 21.3 Å². The van der Waals surface area contributed by atoms with E-state index < -0.39 is 0 Å². The minimum absolute atomic E-state index is 0.231. The molecule has 0 fully saturated rings. The van der Waals surface area contributed by atoms with Crippen LogP contribution in [0, 0.1) is 6.92 Å². The third kappa shape index (κ3) is 5.62. The number of anilines is 1. The second-order valence-corrected chi connectivity index (χ2v) is 6.54. The molecule has 0 spiro atoms. The first-order valence-corrected chi connectivity index (χ1v) is 8.91. The summed E-state index contributed by atoms with van der Waals surface area (Å²) in [5, 5.41) is 6.70. The standard InChI is InChI=1S/C21H30N4O2/c1-15-7-9-16(10-8-15)18(25(3)4)14-23-21(22-2)24-17-11-12-19(26-5)20(13-17)27-6/h7-13,18H,14H2,1-6H3,(H2,22,23,24). The lowest BCUT2D eigenvalue weighted by Gasteiger charge is -2.26. The molecule has 146 valence electrons. The monoisotopic (exact) mass is 370 g/mol. The van der Waals surface area contributed by atoms with Crippen molar-refractivity contribution in [3.63, 3.8) is 0 Å². The average Bonchev–Trinajstić information content (AvgIpc) is 2.68. The topological polar surface area (TPSA) is 58.1 Å². The van der Waals surface area contributed by atoms with Crippen molar-refractivity contribution < 1.29 is 9.47 Å². The van der Waals surface area contributed by atoms with Crippen molar-refractivity contribution >= 4 is 11.6 Å². The Balaban J connectivity index is 2.06. The van der Waals surface area contributed by atoms with Crippen LogP contribution in [-0.2, 0) is 0 Å². The van der Waals surface area contributed by atoms with Gasteiger partial charge in [-0.25, -0.2) is 0 Å². The molecule has 0 aliphatic heterocycles. The molecule has 0 aliphatic carbocycles. The van der Waals surface area contributed by atoms with E-state index in [2.05, 4.69) is 65.8 Å². The second kappa shape index (κ2) is 9.83. The van der Waals surface area contributed by atoms with Gasteiger partial charge in [-0.1, -0.05) is 29.8 Å². The number of aryl methyl sites for hydroxylation is 1. The highest BCUT2D eigenvalue weighted by atomic mass is 16.5. The number of nitrogens with one attached hydrogen (secondary N) is 2. The highest BCUT2D eigenvalue weighted by Gasteiger charge is 2.15. The number of likely N-dealkylation sites (N-methyl/N-ethyl adjacent to an activating group) is 1.